The van der Waals surface area contributed by atoms with Crippen molar-refractivity contribution in [2.24, 2.45) is 5.73 Å². The molecule has 2 rings (SSSR count). The highest BCUT2D eigenvalue weighted by molar-refractivity contribution is 5.72. The first-order valence-electron chi connectivity index (χ1n) is 5.59. The van der Waals surface area contributed by atoms with Crippen LogP contribution in [0.1, 0.15) is 17.9 Å². The number of carbonyl (C=O) groups excluding carboxylic acids is 1. The lowest BCUT2D eigenvalue weighted by Gasteiger charge is -2.32. The van der Waals surface area contributed by atoms with Crippen LogP contribution >= 0.6 is 0 Å². The van der Waals surface area contributed by atoms with Gasteiger partial charge in [0.2, 0.25) is 0 Å². The average molecular weight is 219 g/mol. The Balaban J connectivity index is 2.13. The number of urea groups is 1. The first-order chi connectivity index (χ1) is 7.77. The van der Waals surface area contributed by atoms with Gasteiger partial charge in [-0.05, 0) is 18.5 Å². The van der Waals surface area contributed by atoms with Crippen molar-refractivity contribution in [3.05, 3.63) is 35.9 Å². The summed E-state index contributed by atoms with van der Waals surface area (Å²) in [7, 11) is 0. The van der Waals surface area contributed by atoms with Crippen LogP contribution in [0, 0.1) is 0 Å². The zero-order valence-corrected chi connectivity index (χ0v) is 9.15. The number of rotatable bonds is 2. The second-order valence-corrected chi connectivity index (χ2v) is 4.13. The molecule has 86 valence electrons. The zero-order chi connectivity index (χ0) is 11.4. The molecule has 0 bridgehead atoms. The van der Waals surface area contributed by atoms with Crippen molar-refractivity contribution >= 4 is 6.03 Å². The molecule has 1 aromatic carbocycles. The number of piperidine rings is 1. The van der Waals surface area contributed by atoms with Crippen LogP contribution in [-0.4, -0.2) is 25.2 Å². The van der Waals surface area contributed by atoms with Gasteiger partial charge in [-0.25, -0.2) is 4.79 Å². The second-order valence-electron chi connectivity index (χ2n) is 4.13. The molecule has 1 saturated heterocycles. The van der Waals surface area contributed by atoms with Gasteiger partial charge < -0.3 is 16.4 Å². The number of benzene rings is 1. The van der Waals surface area contributed by atoms with Crippen molar-refractivity contribution in [3.8, 4) is 0 Å². The van der Waals surface area contributed by atoms with E-state index in [9.17, 15) is 4.79 Å². The normalized spacial score (nSPS) is 25.0. The summed E-state index contributed by atoms with van der Waals surface area (Å²) in [5.41, 5.74) is 6.45. The van der Waals surface area contributed by atoms with E-state index in [1.165, 1.54) is 5.56 Å². The molecule has 1 aliphatic heterocycles. The monoisotopic (exact) mass is 219 g/mol. The Morgan fingerprint density at radius 2 is 2.12 bits per heavy atom. The van der Waals surface area contributed by atoms with Crippen LogP contribution in [0.5, 0.6) is 0 Å². The van der Waals surface area contributed by atoms with E-state index < -0.39 is 6.03 Å². The van der Waals surface area contributed by atoms with Crippen molar-refractivity contribution < 1.29 is 4.79 Å². The fourth-order valence-electron chi connectivity index (χ4n) is 2.29. The molecule has 4 N–H and O–H groups in total. The first kappa shape index (κ1) is 11.0. The Morgan fingerprint density at radius 3 is 2.81 bits per heavy atom. The zero-order valence-electron chi connectivity index (χ0n) is 9.15. The third-order valence-corrected chi connectivity index (χ3v) is 3.04. The van der Waals surface area contributed by atoms with Gasteiger partial charge in [-0.3, -0.25) is 0 Å². The SMILES string of the molecule is NC(=O)NC1CNCCC1c1ccccc1. The van der Waals surface area contributed by atoms with E-state index in [-0.39, 0.29) is 6.04 Å². The highest BCUT2D eigenvalue weighted by Gasteiger charge is 2.26. The van der Waals surface area contributed by atoms with E-state index in [0.29, 0.717) is 5.92 Å². The number of carbonyl (C=O) groups is 1. The first-order valence-corrected chi connectivity index (χ1v) is 5.59. The van der Waals surface area contributed by atoms with Crippen molar-refractivity contribution in [1.29, 1.82) is 0 Å². The summed E-state index contributed by atoms with van der Waals surface area (Å²) in [5.74, 6) is 0.356. The number of nitrogens with one attached hydrogen (secondary N) is 2. The molecule has 0 saturated carbocycles. The molecule has 1 fully saturated rings. The van der Waals surface area contributed by atoms with Gasteiger partial charge in [0.05, 0.1) is 0 Å². The van der Waals surface area contributed by atoms with Crippen LogP contribution in [0.4, 0.5) is 4.79 Å². The topological polar surface area (TPSA) is 67.2 Å². The van der Waals surface area contributed by atoms with Gasteiger partial charge in [-0.15, -0.1) is 0 Å². The van der Waals surface area contributed by atoms with Crippen LogP contribution < -0.4 is 16.4 Å². The van der Waals surface area contributed by atoms with Gasteiger partial charge in [0.1, 0.15) is 0 Å². The molecular weight excluding hydrogens is 202 g/mol. The van der Waals surface area contributed by atoms with Crippen molar-refractivity contribution in [3.63, 3.8) is 0 Å². The predicted octanol–water partition coefficient (Wildman–Crippen LogP) is 0.800. The second kappa shape index (κ2) is 4.99. The minimum atomic E-state index is -0.449. The molecule has 4 nitrogen and oxygen atoms in total. The maximum atomic E-state index is 10.9. The Morgan fingerprint density at radius 1 is 1.38 bits per heavy atom. The van der Waals surface area contributed by atoms with E-state index in [0.717, 1.165) is 19.5 Å². The smallest absolute Gasteiger partial charge is 0.312 e. The molecule has 2 amide bonds. The Labute approximate surface area is 95.2 Å². The summed E-state index contributed by atoms with van der Waals surface area (Å²) in [4.78, 5) is 10.9. The summed E-state index contributed by atoms with van der Waals surface area (Å²) < 4.78 is 0. The molecule has 0 aromatic heterocycles. The maximum Gasteiger partial charge on any atom is 0.312 e. The molecule has 2 unspecified atom stereocenters. The van der Waals surface area contributed by atoms with Crippen molar-refractivity contribution in [2.45, 2.75) is 18.4 Å². The van der Waals surface area contributed by atoms with Crippen LogP contribution in [0.25, 0.3) is 0 Å². The third-order valence-electron chi connectivity index (χ3n) is 3.04. The molecule has 16 heavy (non-hydrogen) atoms. The van der Waals surface area contributed by atoms with Crippen LogP contribution in [0.15, 0.2) is 30.3 Å². The van der Waals surface area contributed by atoms with E-state index in [1.807, 2.05) is 18.2 Å². The van der Waals surface area contributed by atoms with Crippen LogP contribution in [-0.2, 0) is 0 Å². The Bertz CT molecular complexity index is 353. The quantitative estimate of drug-likeness (QED) is 0.688. The summed E-state index contributed by atoms with van der Waals surface area (Å²) in [6, 6.07) is 9.90. The average Bonchev–Trinajstić information content (AvgIpc) is 2.30. The van der Waals surface area contributed by atoms with Crippen molar-refractivity contribution in [1.82, 2.24) is 10.6 Å². The largest absolute Gasteiger partial charge is 0.352 e. The number of nitrogens with two attached hydrogens (primary N) is 1. The molecule has 4 heteroatoms. The fraction of sp³-hybridized carbons (Fsp3) is 0.417. The van der Waals surface area contributed by atoms with E-state index in [4.69, 9.17) is 5.73 Å². The van der Waals surface area contributed by atoms with Gasteiger partial charge in [0, 0.05) is 18.5 Å². The van der Waals surface area contributed by atoms with Gasteiger partial charge in [-0.1, -0.05) is 30.3 Å². The fourth-order valence-corrected chi connectivity index (χ4v) is 2.29. The van der Waals surface area contributed by atoms with E-state index in [1.54, 1.807) is 0 Å². The predicted molar refractivity (Wildman–Crippen MR) is 63.2 cm³/mol. The minimum absolute atomic E-state index is 0.0913. The van der Waals surface area contributed by atoms with Crippen LogP contribution in [0.3, 0.4) is 0 Å². The highest BCUT2D eigenvalue weighted by Crippen LogP contribution is 2.25. The molecule has 1 aliphatic rings. The number of amides is 2. The van der Waals surface area contributed by atoms with E-state index in [2.05, 4.69) is 22.8 Å². The lowest BCUT2D eigenvalue weighted by molar-refractivity contribution is 0.239. The van der Waals surface area contributed by atoms with Crippen molar-refractivity contribution in [2.75, 3.05) is 13.1 Å². The van der Waals surface area contributed by atoms with Gasteiger partial charge in [0.25, 0.3) is 0 Å². The minimum Gasteiger partial charge on any atom is -0.352 e. The summed E-state index contributed by atoms with van der Waals surface area (Å²) in [5, 5.41) is 6.08. The molecular formula is C12H17N3O. The Kier molecular flexibility index (Phi) is 3.41. The molecule has 2 atom stereocenters. The summed E-state index contributed by atoms with van der Waals surface area (Å²) >= 11 is 0. The number of hydrogen-bond donors (Lipinski definition) is 3. The van der Waals surface area contributed by atoms with E-state index >= 15 is 0 Å². The molecule has 1 aromatic rings. The molecule has 0 spiro atoms. The highest BCUT2D eigenvalue weighted by atomic mass is 16.2. The summed E-state index contributed by atoms with van der Waals surface area (Å²) in [6.45, 7) is 1.76. The summed E-state index contributed by atoms with van der Waals surface area (Å²) in [6.07, 6.45) is 1.02. The molecule has 0 aliphatic carbocycles. The number of hydrogen-bond acceptors (Lipinski definition) is 2. The van der Waals surface area contributed by atoms with Gasteiger partial charge in [0.15, 0.2) is 0 Å². The third kappa shape index (κ3) is 2.52. The standard InChI is InChI=1S/C12H17N3O/c13-12(16)15-11-8-14-7-6-10(11)9-4-2-1-3-5-9/h1-5,10-11,14H,6-8H2,(H3,13,15,16). The van der Waals surface area contributed by atoms with Gasteiger partial charge >= 0.3 is 6.03 Å². The maximum absolute atomic E-state index is 10.9. The van der Waals surface area contributed by atoms with Gasteiger partial charge in [-0.2, -0.15) is 0 Å². The lowest BCUT2D eigenvalue weighted by Crippen LogP contribution is -2.51. The Hall–Kier alpha value is -1.55. The lowest BCUT2D eigenvalue weighted by atomic mass is 9.86. The molecule has 1 heterocycles. The van der Waals surface area contributed by atoms with Crippen LogP contribution in [0.2, 0.25) is 0 Å². The number of primary amides is 1. The molecule has 0 radical (unpaired) electrons.